The fourth-order valence-electron chi connectivity index (χ4n) is 2.22. The van der Waals surface area contributed by atoms with Gasteiger partial charge in [0.1, 0.15) is 11.6 Å². The fourth-order valence-corrected chi connectivity index (χ4v) is 2.22. The number of methoxy groups -OCH3 is 1. The topological polar surface area (TPSA) is 79.4 Å². The van der Waals surface area contributed by atoms with E-state index in [4.69, 9.17) is 10.00 Å². The molecular formula is C14H15N3O3. The number of hydrogen-bond acceptors (Lipinski definition) is 5. The second kappa shape index (κ2) is 6.17. The van der Waals surface area contributed by atoms with Crippen LogP contribution in [-0.4, -0.2) is 31.7 Å². The molecule has 0 aromatic heterocycles. The summed E-state index contributed by atoms with van der Waals surface area (Å²) in [6.07, 6.45) is 2.96. The van der Waals surface area contributed by atoms with Crippen molar-refractivity contribution in [2.24, 2.45) is 0 Å². The van der Waals surface area contributed by atoms with E-state index < -0.39 is 4.92 Å². The van der Waals surface area contributed by atoms with Crippen molar-refractivity contribution in [3.8, 4) is 6.07 Å². The van der Waals surface area contributed by atoms with E-state index in [0.29, 0.717) is 13.2 Å². The lowest BCUT2D eigenvalue weighted by atomic mass is 10.1. The van der Waals surface area contributed by atoms with Gasteiger partial charge in [-0.15, -0.1) is 0 Å². The molecule has 0 fully saturated rings. The molecule has 104 valence electrons. The summed E-state index contributed by atoms with van der Waals surface area (Å²) in [5.74, 6) is 0. The average Bonchev–Trinajstić information content (AvgIpc) is 2.47. The summed E-state index contributed by atoms with van der Waals surface area (Å²) < 4.78 is 5.09. The highest BCUT2D eigenvalue weighted by molar-refractivity contribution is 5.60. The Morgan fingerprint density at radius 3 is 2.90 bits per heavy atom. The summed E-state index contributed by atoms with van der Waals surface area (Å²) in [5, 5.41) is 19.8. The van der Waals surface area contributed by atoms with Crippen molar-refractivity contribution in [1.29, 1.82) is 5.26 Å². The largest absolute Gasteiger partial charge is 0.380 e. The highest BCUT2D eigenvalue weighted by atomic mass is 16.6. The van der Waals surface area contributed by atoms with Crippen molar-refractivity contribution in [3.63, 3.8) is 0 Å². The molecule has 1 heterocycles. The maximum atomic E-state index is 11.0. The van der Waals surface area contributed by atoms with Gasteiger partial charge in [0.15, 0.2) is 0 Å². The third kappa shape index (κ3) is 2.95. The average molecular weight is 273 g/mol. The molecule has 0 bridgehead atoms. The van der Waals surface area contributed by atoms with Gasteiger partial charge in [-0.05, 0) is 24.1 Å². The normalized spacial score (nSPS) is 14.6. The summed E-state index contributed by atoms with van der Waals surface area (Å²) >= 11 is 0. The van der Waals surface area contributed by atoms with E-state index in [9.17, 15) is 10.1 Å². The minimum atomic E-state index is -0.516. The highest BCUT2D eigenvalue weighted by Gasteiger charge is 2.18. The standard InChI is InChI=1S/C14H15N3O3/c1-20-10-11-4-6-16(7-5-11)13-3-2-12(9-15)14(8-13)17(18)19/h2-4,8H,5-7,10H2,1H3. The minimum Gasteiger partial charge on any atom is -0.380 e. The molecule has 0 amide bonds. The molecule has 1 aromatic rings. The molecule has 6 heteroatoms. The van der Waals surface area contributed by atoms with Crippen molar-refractivity contribution in [2.75, 3.05) is 31.7 Å². The van der Waals surface area contributed by atoms with Gasteiger partial charge in [-0.2, -0.15) is 5.26 Å². The molecule has 1 aliphatic rings. The van der Waals surface area contributed by atoms with Crippen LogP contribution in [-0.2, 0) is 4.74 Å². The fraction of sp³-hybridized carbons (Fsp3) is 0.357. The Morgan fingerprint density at radius 1 is 1.55 bits per heavy atom. The highest BCUT2D eigenvalue weighted by Crippen LogP contribution is 2.27. The van der Waals surface area contributed by atoms with E-state index in [0.717, 1.165) is 18.7 Å². The maximum Gasteiger partial charge on any atom is 0.289 e. The van der Waals surface area contributed by atoms with Crippen molar-refractivity contribution >= 4 is 11.4 Å². The van der Waals surface area contributed by atoms with Crippen LogP contribution in [0.5, 0.6) is 0 Å². The zero-order chi connectivity index (χ0) is 14.5. The molecule has 0 saturated carbocycles. The van der Waals surface area contributed by atoms with Gasteiger partial charge in [0.2, 0.25) is 0 Å². The van der Waals surface area contributed by atoms with Gasteiger partial charge in [0, 0.05) is 32.0 Å². The molecule has 0 spiro atoms. The van der Waals surface area contributed by atoms with Gasteiger partial charge in [-0.1, -0.05) is 6.08 Å². The zero-order valence-electron chi connectivity index (χ0n) is 11.2. The molecule has 0 radical (unpaired) electrons. The van der Waals surface area contributed by atoms with E-state index in [-0.39, 0.29) is 11.3 Å². The third-order valence-electron chi connectivity index (χ3n) is 3.30. The van der Waals surface area contributed by atoms with Crippen LogP contribution in [0.15, 0.2) is 29.8 Å². The lowest BCUT2D eigenvalue weighted by Gasteiger charge is -2.28. The SMILES string of the molecule is COCC1=CCN(c2ccc(C#N)c([N+](=O)[O-])c2)CC1. The second-order valence-electron chi connectivity index (χ2n) is 4.56. The Morgan fingerprint density at radius 2 is 2.35 bits per heavy atom. The third-order valence-corrected chi connectivity index (χ3v) is 3.30. The Balaban J connectivity index is 2.21. The quantitative estimate of drug-likeness (QED) is 0.477. The number of nitro benzene ring substituents is 1. The van der Waals surface area contributed by atoms with Gasteiger partial charge in [-0.3, -0.25) is 10.1 Å². The minimum absolute atomic E-state index is 0.0892. The Labute approximate surface area is 117 Å². The number of nitrogens with zero attached hydrogens (tertiary/aromatic N) is 3. The Bertz CT molecular complexity index is 590. The van der Waals surface area contributed by atoms with Crippen LogP contribution in [0.1, 0.15) is 12.0 Å². The van der Waals surface area contributed by atoms with Crippen molar-refractivity contribution in [2.45, 2.75) is 6.42 Å². The number of nitriles is 1. The summed E-state index contributed by atoms with van der Waals surface area (Å²) in [6, 6.07) is 6.56. The molecule has 0 N–H and O–H groups in total. The molecule has 0 atom stereocenters. The number of hydrogen-bond donors (Lipinski definition) is 0. The van der Waals surface area contributed by atoms with E-state index in [2.05, 4.69) is 6.08 Å². The second-order valence-corrected chi connectivity index (χ2v) is 4.56. The first-order chi connectivity index (χ1) is 9.65. The molecule has 6 nitrogen and oxygen atoms in total. The van der Waals surface area contributed by atoms with Crippen LogP contribution < -0.4 is 4.90 Å². The van der Waals surface area contributed by atoms with Crippen molar-refractivity contribution in [1.82, 2.24) is 0 Å². The summed E-state index contributed by atoms with van der Waals surface area (Å²) in [5.41, 5.74) is 1.96. The molecule has 0 aliphatic carbocycles. The first-order valence-electron chi connectivity index (χ1n) is 6.26. The molecule has 0 unspecified atom stereocenters. The predicted molar refractivity (Wildman–Crippen MR) is 74.6 cm³/mol. The lowest BCUT2D eigenvalue weighted by Crippen LogP contribution is -2.29. The number of ether oxygens (including phenoxy) is 1. The van der Waals surface area contributed by atoms with E-state index in [1.165, 1.54) is 17.7 Å². The molecule has 1 aromatic carbocycles. The maximum absolute atomic E-state index is 11.0. The number of benzene rings is 1. The number of rotatable bonds is 4. The van der Waals surface area contributed by atoms with E-state index in [1.807, 2.05) is 11.0 Å². The van der Waals surface area contributed by atoms with E-state index >= 15 is 0 Å². The molecule has 20 heavy (non-hydrogen) atoms. The first-order valence-corrected chi connectivity index (χ1v) is 6.26. The molecular weight excluding hydrogens is 258 g/mol. The number of nitro groups is 1. The van der Waals surface area contributed by atoms with Gasteiger partial charge in [-0.25, -0.2) is 0 Å². The van der Waals surface area contributed by atoms with Crippen molar-refractivity contribution < 1.29 is 9.66 Å². The van der Waals surface area contributed by atoms with Crippen molar-refractivity contribution in [3.05, 3.63) is 45.5 Å². The van der Waals surface area contributed by atoms with Crippen LogP contribution in [0, 0.1) is 21.4 Å². The molecule has 1 aliphatic heterocycles. The monoisotopic (exact) mass is 273 g/mol. The Hall–Kier alpha value is -2.39. The van der Waals surface area contributed by atoms with Crippen LogP contribution in [0.25, 0.3) is 0 Å². The van der Waals surface area contributed by atoms with Crippen LogP contribution in [0.3, 0.4) is 0 Å². The summed E-state index contributed by atoms with van der Waals surface area (Å²) in [4.78, 5) is 12.5. The van der Waals surface area contributed by atoms with Crippen LogP contribution >= 0.6 is 0 Å². The van der Waals surface area contributed by atoms with Gasteiger partial charge >= 0.3 is 0 Å². The number of anilines is 1. The summed E-state index contributed by atoms with van der Waals surface area (Å²) in [7, 11) is 1.66. The van der Waals surface area contributed by atoms with Gasteiger partial charge in [0.25, 0.3) is 5.69 Å². The summed E-state index contributed by atoms with van der Waals surface area (Å²) in [6.45, 7) is 2.11. The molecule has 0 saturated heterocycles. The predicted octanol–water partition coefficient (Wildman–Crippen LogP) is 2.25. The van der Waals surface area contributed by atoms with E-state index in [1.54, 1.807) is 13.2 Å². The van der Waals surface area contributed by atoms with Crippen LogP contribution in [0.4, 0.5) is 11.4 Å². The first kappa shape index (κ1) is 14.0. The Kier molecular flexibility index (Phi) is 4.33. The molecule has 2 rings (SSSR count). The lowest BCUT2D eigenvalue weighted by molar-refractivity contribution is -0.385. The smallest absolute Gasteiger partial charge is 0.289 e. The van der Waals surface area contributed by atoms with Crippen LogP contribution in [0.2, 0.25) is 0 Å². The van der Waals surface area contributed by atoms with Gasteiger partial charge < -0.3 is 9.64 Å². The zero-order valence-corrected chi connectivity index (χ0v) is 11.2. The van der Waals surface area contributed by atoms with Gasteiger partial charge in [0.05, 0.1) is 11.5 Å².